The fourth-order valence-corrected chi connectivity index (χ4v) is 2.90. The van der Waals surface area contributed by atoms with E-state index in [-0.39, 0.29) is 11.1 Å². The minimum Gasteiger partial charge on any atom is -0.370 e. The first-order valence-electron chi connectivity index (χ1n) is 6.02. The van der Waals surface area contributed by atoms with Gasteiger partial charge in [0.1, 0.15) is 11.0 Å². The molecule has 0 saturated carbocycles. The zero-order valence-corrected chi connectivity index (χ0v) is 12.5. The molecule has 1 aliphatic rings. The summed E-state index contributed by atoms with van der Waals surface area (Å²) in [6.45, 7) is 1.56. The summed E-state index contributed by atoms with van der Waals surface area (Å²) in [5, 5.41) is 1.09. The maximum atomic E-state index is 10.9. The average Bonchev–Trinajstić information content (AvgIpc) is 2.34. The summed E-state index contributed by atoms with van der Waals surface area (Å²) in [7, 11) is 0. The second kappa shape index (κ2) is 6.16. The topological polar surface area (TPSA) is 59.2 Å². The molecule has 1 fully saturated rings. The van der Waals surface area contributed by atoms with Gasteiger partial charge in [0, 0.05) is 19.5 Å². The molecule has 2 heterocycles. The number of anilines is 1. The van der Waals surface area contributed by atoms with Gasteiger partial charge in [-0.15, -0.1) is 0 Å². The number of carbonyl (C=O) groups is 1. The first kappa shape index (κ1) is 14.7. The lowest BCUT2D eigenvalue weighted by Gasteiger charge is -2.32. The summed E-state index contributed by atoms with van der Waals surface area (Å²) in [5.41, 5.74) is 5.21. The van der Waals surface area contributed by atoms with E-state index in [9.17, 15) is 4.79 Å². The molecule has 1 aliphatic heterocycles. The van der Waals surface area contributed by atoms with Crippen LogP contribution in [-0.2, 0) is 4.79 Å². The summed E-state index contributed by atoms with van der Waals surface area (Å²) >= 11 is 17.9. The molecule has 0 atom stereocenters. The van der Waals surface area contributed by atoms with Crippen LogP contribution in [0.5, 0.6) is 0 Å². The molecule has 0 aromatic carbocycles. The van der Waals surface area contributed by atoms with E-state index in [1.165, 1.54) is 0 Å². The standard InChI is InChI=1S/C12H14Cl3N3O/c13-8-6-9(14)12(17-11(8)15)18-3-1-7(2-4-18)5-10(16)19/h6-7H,1-5H2,(H2,16,19). The van der Waals surface area contributed by atoms with Crippen molar-refractivity contribution in [3.05, 3.63) is 21.3 Å². The van der Waals surface area contributed by atoms with Crippen molar-refractivity contribution in [3.63, 3.8) is 0 Å². The molecular weight excluding hydrogens is 309 g/mol. The van der Waals surface area contributed by atoms with Crippen LogP contribution in [0.4, 0.5) is 5.82 Å². The monoisotopic (exact) mass is 321 g/mol. The number of hydrogen-bond donors (Lipinski definition) is 1. The average molecular weight is 323 g/mol. The number of nitrogens with zero attached hydrogens (tertiary/aromatic N) is 2. The quantitative estimate of drug-likeness (QED) is 0.870. The van der Waals surface area contributed by atoms with Crippen molar-refractivity contribution in [1.82, 2.24) is 4.98 Å². The van der Waals surface area contributed by atoms with Crippen LogP contribution in [0.15, 0.2) is 6.07 Å². The molecule has 0 unspecified atom stereocenters. The van der Waals surface area contributed by atoms with Crippen LogP contribution in [-0.4, -0.2) is 24.0 Å². The van der Waals surface area contributed by atoms with Crippen molar-refractivity contribution < 1.29 is 4.79 Å². The Hall–Kier alpha value is -0.710. The minimum absolute atomic E-state index is 0.246. The molecule has 19 heavy (non-hydrogen) atoms. The summed E-state index contributed by atoms with van der Waals surface area (Å²) in [6.07, 6.45) is 2.22. The SMILES string of the molecule is NC(=O)CC1CCN(c2nc(Cl)c(Cl)cc2Cl)CC1. The molecule has 4 nitrogen and oxygen atoms in total. The van der Waals surface area contributed by atoms with Crippen molar-refractivity contribution >= 4 is 46.5 Å². The van der Waals surface area contributed by atoms with Gasteiger partial charge in [-0.05, 0) is 24.8 Å². The highest BCUT2D eigenvalue weighted by atomic mass is 35.5. The Morgan fingerprint density at radius 2 is 1.95 bits per heavy atom. The third-order valence-corrected chi connectivity index (χ3v) is 4.22. The normalized spacial score (nSPS) is 16.7. The summed E-state index contributed by atoms with van der Waals surface area (Å²) in [4.78, 5) is 17.2. The molecule has 1 amide bonds. The number of piperidine rings is 1. The van der Waals surface area contributed by atoms with Crippen molar-refractivity contribution in [1.29, 1.82) is 0 Å². The second-order valence-corrected chi connectivity index (χ2v) is 5.84. The first-order valence-corrected chi connectivity index (χ1v) is 7.15. The van der Waals surface area contributed by atoms with Crippen molar-refractivity contribution in [3.8, 4) is 0 Å². The van der Waals surface area contributed by atoms with E-state index in [2.05, 4.69) is 9.88 Å². The number of aromatic nitrogens is 1. The first-order chi connectivity index (χ1) is 8.97. The lowest BCUT2D eigenvalue weighted by Crippen LogP contribution is -2.35. The molecular formula is C12H14Cl3N3O. The molecule has 0 aliphatic carbocycles. The van der Waals surface area contributed by atoms with Gasteiger partial charge < -0.3 is 10.6 Å². The molecule has 104 valence electrons. The molecule has 2 rings (SSSR count). The minimum atomic E-state index is -0.246. The molecule has 1 aromatic rings. The van der Waals surface area contributed by atoms with Gasteiger partial charge >= 0.3 is 0 Å². The summed E-state index contributed by atoms with van der Waals surface area (Å²) in [6, 6.07) is 1.60. The van der Waals surface area contributed by atoms with Gasteiger partial charge in [-0.3, -0.25) is 4.79 Å². The molecule has 1 aromatic heterocycles. The van der Waals surface area contributed by atoms with Crippen LogP contribution in [0.3, 0.4) is 0 Å². The van der Waals surface area contributed by atoms with Gasteiger partial charge in [-0.25, -0.2) is 4.98 Å². The Morgan fingerprint density at radius 1 is 1.32 bits per heavy atom. The Bertz CT molecular complexity index is 487. The van der Waals surface area contributed by atoms with Crippen LogP contribution >= 0.6 is 34.8 Å². The van der Waals surface area contributed by atoms with Gasteiger partial charge in [0.15, 0.2) is 0 Å². The van der Waals surface area contributed by atoms with E-state index in [1.807, 2.05) is 0 Å². The van der Waals surface area contributed by atoms with Crippen molar-refractivity contribution in [2.45, 2.75) is 19.3 Å². The number of halogens is 3. The highest BCUT2D eigenvalue weighted by Gasteiger charge is 2.23. The predicted molar refractivity (Wildman–Crippen MR) is 78.0 cm³/mol. The van der Waals surface area contributed by atoms with E-state index in [0.29, 0.717) is 28.2 Å². The fraction of sp³-hybridized carbons (Fsp3) is 0.500. The number of carbonyl (C=O) groups excluding carboxylic acids is 1. The number of primary amides is 1. The third-order valence-electron chi connectivity index (χ3n) is 3.27. The van der Waals surface area contributed by atoms with E-state index >= 15 is 0 Å². The molecule has 0 radical (unpaired) electrons. The van der Waals surface area contributed by atoms with Gasteiger partial charge in [-0.2, -0.15) is 0 Å². The van der Waals surface area contributed by atoms with Gasteiger partial charge in [-0.1, -0.05) is 34.8 Å². The molecule has 2 N–H and O–H groups in total. The smallest absolute Gasteiger partial charge is 0.217 e. The zero-order valence-electron chi connectivity index (χ0n) is 10.2. The van der Waals surface area contributed by atoms with Crippen LogP contribution < -0.4 is 10.6 Å². The lowest BCUT2D eigenvalue weighted by atomic mass is 9.93. The number of pyridine rings is 1. The molecule has 7 heteroatoms. The number of nitrogens with two attached hydrogens (primary N) is 1. The third kappa shape index (κ3) is 3.65. The Balaban J connectivity index is 2.05. The molecule has 0 spiro atoms. The van der Waals surface area contributed by atoms with Crippen molar-refractivity contribution in [2.24, 2.45) is 11.7 Å². The van der Waals surface area contributed by atoms with Crippen LogP contribution in [0.1, 0.15) is 19.3 Å². The highest BCUT2D eigenvalue weighted by molar-refractivity contribution is 6.42. The Labute approximate surface area is 126 Å². The molecule has 1 saturated heterocycles. The Kier molecular flexibility index (Phi) is 4.76. The Morgan fingerprint density at radius 3 is 2.53 bits per heavy atom. The number of rotatable bonds is 3. The second-order valence-electron chi connectivity index (χ2n) is 4.67. The zero-order chi connectivity index (χ0) is 14.0. The van der Waals surface area contributed by atoms with Crippen molar-refractivity contribution in [2.75, 3.05) is 18.0 Å². The summed E-state index contributed by atoms with van der Waals surface area (Å²) < 4.78 is 0. The predicted octanol–water partition coefficient (Wildman–Crippen LogP) is 3.13. The van der Waals surface area contributed by atoms with E-state index in [4.69, 9.17) is 40.5 Å². The van der Waals surface area contributed by atoms with E-state index < -0.39 is 0 Å². The van der Waals surface area contributed by atoms with E-state index in [1.54, 1.807) is 6.07 Å². The highest BCUT2D eigenvalue weighted by Crippen LogP contribution is 2.33. The maximum absolute atomic E-state index is 10.9. The fourth-order valence-electron chi connectivity index (χ4n) is 2.29. The lowest BCUT2D eigenvalue weighted by molar-refractivity contribution is -0.119. The van der Waals surface area contributed by atoms with Crippen LogP contribution in [0.25, 0.3) is 0 Å². The molecule has 0 bridgehead atoms. The number of amides is 1. The van der Waals surface area contributed by atoms with Gasteiger partial charge in [0.2, 0.25) is 5.91 Å². The van der Waals surface area contributed by atoms with Gasteiger partial charge in [0.25, 0.3) is 0 Å². The van der Waals surface area contributed by atoms with Crippen LogP contribution in [0, 0.1) is 5.92 Å². The van der Waals surface area contributed by atoms with E-state index in [0.717, 1.165) is 25.9 Å². The van der Waals surface area contributed by atoms with Crippen LogP contribution in [0.2, 0.25) is 15.2 Å². The maximum Gasteiger partial charge on any atom is 0.217 e. The van der Waals surface area contributed by atoms with Gasteiger partial charge in [0.05, 0.1) is 10.0 Å². The number of hydrogen-bond acceptors (Lipinski definition) is 3. The largest absolute Gasteiger partial charge is 0.370 e. The summed E-state index contributed by atoms with van der Waals surface area (Å²) in [5.74, 6) is 0.744.